The number of hydrazone groups is 1. The molecule has 5 nitrogen and oxygen atoms in total. The number of hydrogen-bond donors (Lipinski definition) is 1. The first-order valence-corrected chi connectivity index (χ1v) is 6.03. The van der Waals surface area contributed by atoms with E-state index in [0.717, 1.165) is 11.3 Å². The molecule has 2 aromatic rings. The number of carbonyl (C=O) groups excluding carboxylic acids is 1. The van der Waals surface area contributed by atoms with Gasteiger partial charge in [-0.3, -0.25) is 9.48 Å². The van der Waals surface area contributed by atoms with Crippen molar-refractivity contribution in [2.24, 2.45) is 12.1 Å². The highest BCUT2D eigenvalue weighted by molar-refractivity contribution is 7.12. The second-order valence-corrected chi connectivity index (χ2v) is 4.78. The summed E-state index contributed by atoms with van der Waals surface area (Å²) in [5.41, 5.74) is 2.51. The highest BCUT2D eigenvalue weighted by atomic mass is 35.5. The van der Waals surface area contributed by atoms with E-state index in [0.29, 0.717) is 4.88 Å². The molecule has 0 radical (unpaired) electrons. The number of aryl methyl sites for hydroxylation is 1. The van der Waals surface area contributed by atoms with Gasteiger partial charge in [-0.05, 0) is 12.1 Å². The van der Waals surface area contributed by atoms with Gasteiger partial charge in [-0.2, -0.15) is 14.6 Å². The molecular weight excluding hydrogens is 279 g/mol. The van der Waals surface area contributed by atoms with Gasteiger partial charge < -0.3 is 0 Å². The van der Waals surface area contributed by atoms with Crippen LogP contribution in [0.5, 0.6) is 0 Å². The zero-order chi connectivity index (χ0) is 13.1. The van der Waals surface area contributed by atoms with Crippen LogP contribution in [0.25, 0.3) is 0 Å². The third-order valence-electron chi connectivity index (χ3n) is 2.06. The van der Waals surface area contributed by atoms with Crippen LogP contribution in [-0.4, -0.2) is 21.9 Å². The fourth-order valence-corrected chi connectivity index (χ4v) is 2.13. The fraction of sp³-hybridized carbons (Fsp3) is 0.100. The Balaban J connectivity index is 2.03. The summed E-state index contributed by atoms with van der Waals surface area (Å²) in [6.07, 6.45) is 2.73. The maximum absolute atomic E-state index is 12.7. The summed E-state index contributed by atoms with van der Waals surface area (Å²) in [6.45, 7) is 0. The summed E-state index contributed by atoms with van der Waals surface area (Å²) in [5, 5.41) is 7.48. The summed E-state index contributed by atoms with van der Waals surface area (Å²) >= 11 is 6.73. The van der Waals surface area contributed by atoms with Crippen LogP contribution < -0.4 is 5.43 Å². The van der Waals surface area contributed by atoms with E-state index in [4.69, 9.17) is 11.6 Å². The van der Waals surface area contributed by atoms with Crippen molar-refractivity contribution in [1.82, 2.24) is 15.2 Å². The van der Waals surface area contributed by atoms with Gasteiger partial charge in [0.05, 0.1) is 22.3 Å². The molecule has 94 valence electrons. The van der Waals surface area contributed by atoms with Crippen LogP contribution in [-0.2, 0) is 7.05 Å². The molecule has 0 saturated heterocycles. The van der Waals surface area contributed by atoms with E-state index >= 15 is 0 Å². The van der Waals surface area contributed by atoms with Crippen molar-refractivity contribution in [2.75, 3.05) is 0 Å². The molecule has 0 unspecified atom stereocenters. The molecule has 0 aliphatic rings. The summed E-state index contributed by atoms with van der Waals surface area (Å²) in [6, 6.07) is 2.89. The molecule has 18 heavy (non-hydrogen) atoms. The van der Waals surface area contributed by atoms with Crippen LogP contribution in [0, 0.1) is 5.13 Å². The molecule has 2 aromatic heterocycles. The second kappa shape index (κ2) is 5.28. The number of aromatic nitrogens is 2. The summed E-state index contributed by atoms with van der Waals surface area (Å²) in [4.78, 5) is 12.3. The quantitative estimate of drug-likeness (QED) is 0.693. The molecular formula is C10H8ClFN4OS. The zero-order valence-electron chi connectivity index (χ0n) is 9.22. The van der Waals surface area contributed by atoms with Gasteiger partial charge >= 0.3 is 0 Å². The average molecular weight is 287 g/mol. The second-order valence-electron chi connectivity index (χ2n) is 3.31. The van der Waals surface area contributed by atoms with Crippen LogP contribution in [0.2, 0.25) is 5.02 Å². The first-order valence-electron chi connectivity index (χ1n) is 4.84. The Bertz CT molecular complexity index is 587. The Hall–Kier alpha value is -1.73. The smallest absolute Gasteiger partial charge is 0.266 e. The predicted octanol–water partition coefficient (Wildman–Crippen LogP) is 2.04. The van der Waals surface area contributed by atoms with Gasteiger partial charge in [0, 0.05) is 7.05 Å². The maximum Gasteiger partial charge on any atom is 0.291 e. The first-order chi connectivity index (χ1) is 8.58. The van der Waals surface area contributed by atoms with Crippen molar-refractivity contribution in [1.29, 1.82) is 0 Å². The molecule has 2 rings (SSSR count). The third kappa shape index (κ3) is 2.74. The molecule has 0 atom stereocenters. The van der Waals surface area contributed by atoms with Crippen LogP contribution in [0.4, 0.5) is 4.39 Å². The minimum atomic E-state index is -0.478. The standard InChI is InChI=1S/C10H8ClFN4OS/c1-16-9(7(11)5-14-16)10(17)15-13-4-6-2-3-8(12)18-6/h2-5H,1H3,(H,15,17). The fourth-order valence-electron chi connectivity index (χ4n) is 1.27. The Morgan fingerprint density at radius 2 is 2.44 bits per heavy atom. The number of hydrogen-bond acceptors (Lipinski definition) is 4. The molecule has 0 aromatic carbocycles. The molecule has 0 aliphatic heterocycles. The van der Waals surface area contributed by atoms with Crippen molar-refractivity contribution >= 4 is 35.1 Å². The van der Waals surface area contributed by atoms with Gasteiger partial charge in [-0.1, -0.05) is 11.6 Å². The highest BCUT2D eigenvalue weighted by Gasteiger charge is 2.14. The van der Waals surface area contributed by atoms with Crippen molar-refractivity contribution < 1.29 is 9.18 Å². The Kier molecular flexibility index (Phi) is 3.73. The Labute approximate surface area is 111 Å². The van der Waals surface area contributed by atoms with E-state index in [2.05, 4.69) is 15.6 Å². The monoisotopic (exact) mass is 286 g/mol. The minimum Gasteiger partial charge on any atom is -0.266 e. The lowest BCUT2D eigenvalue weighted by Gasteiger charge is -2.00. The van der Waals surface area contributed by atoms with Crippen LogP contribution >= 0.6 is 22.9 Å². The molecule has 0 saturated carbocycles. The number of rotatable bonds is 3. The van der Waals surface area contributed by atoms with Crippen molar-refractivity contribution in [3.05, 3.63) is 39.1 Å². The molecule has 1 N–H and O–H groups in total. The third-order valence-corrected chi connectivity index (χ3v) is 3.15. The largest absolute Gasteiger partial charge is 0.291 e. The van der Waals surface area contributed by atoms with Crippen LogP contribution in [0.3, 0.4) is 0 Å². The predicted molar refractivity (Wildman–Crippen MR) is 67.6 cm³/mol. The van der Waals surface area contributed by atoms with Gasteiger partial charge in [0.25, 0.3) is 5.91 Å². The van der Waals surface area contributed by atoms with Crippen molar-refractivity contribution in [3.8, 4) is 0 Å². The normalized spacial score (nSPS) is 11.1. The minimum absolute atomic E-state index is 0.214. The van der Waals surface area contributed by atoms with E-state index in [1.165, 1.54) is 23.2 Å². The molecule has 0 spiro atoms. The van der Waals surface area contributed by atoms with Crippen molar-refractivity contribution in [3.63, 3.8) is 0 Å². The van der Waals surface area contributed by atoms with Crippen LogP contribution in [0.15, 0.2) is 23.4 Å². The number of halogens is 2. The van der Waals surface area contributed by atoms with E-state index in [-0.39, 0.29) is 15.8 Å². The zero-order valence-corrected chi connectivity index (χ0v) is 10.8. The lowest BCUT2D eigenvalue weighted by Crippen LogP contribution is -2.21. The lowest BCUT2D eigenvalue weighted by molar-refractivity contribution is 0.0946. The molecule has 0 fully saturated rings. The van der Waals surface area contributed by atoms with E-state index in [1.54, 1.807) is 13.1 Å². The molecule has 1 amide bonds. The molecule has 0 aliphatic carbocycles. The van der Waals surface area contributed by atoms with E-state index in [9.17, 15) is 9.18 Å². The number of nitrogens with one attached hydrogen (secondary N) is 1. The summed E-state index contributed by atoms with van der Waals surface area (Å²) in [5.74, 6) is -0.478. The summed E-state index contributed by atoms with van der Waals surface area (Å²) < 4.78 is 14.0. The maximum atomic E-state index is 12.7. The van der Waals surface area contributed by atoms with Gasteiger partial charge in [-0.25, -0.2) is 5.43 Å². The lowest BCUT2D eigenvalue weighted by atomic mass is 10.4. The molecule has 0 bridgehead atoms. The van der Waals surface area contributed by atoms with Crippen LogP contribution in [0.1, 0.15) is 15.4 Å². The number of nitrogens with zero attached hydrogens (tertiary/aromatic N) is 3. The summed E-state index contributed by atoms with van der Waals surface area (Å²) in [7, 11) is 1.60. The molecule has 8 heteroatoms. The van der Waals surface area contributed by atoms with Crippen molar-refractivity contribution in [2.45, 2.75) is 0 Å². The number of amides is 1. The molecule has 2 heterocycles. The van der Waals surface area contributed by atoms with Gasteiger partial charge in [-0.15, -0.1) is 11.3 Å². The Morgan fingerprint density at radius 1 is 1.67 bits per heavy atom. The van der Waals surface area contributed by atoms with Gasteiger partial charge in [0.15, 0.2) is 5.13 Å². The first kappa shape index (κ1) is 12.7. The van der Waals surface area contributed by atoms with E-state index < -0.39 is 5.91 Å². The highest BCUT2D eigenvalue weighted by Crippen LogP contribution is 2.14. The topological polar surface area (TPSA) is 59.3 Å². The number of thiophene rings is 1. The Morgan fingerprint density at radius 3 is 3.00 bits per heavy atom. The van der Waals surface area contributed by atoms with Gasteiger partial charge in [0.1, 0.15) is 5.69 Å². The SMILES string of the molecule is Cn1ncc(Cl)c1C(=O)NN=Cc1ccc(F)s1. The number of carbonyl (C=O) groups is 1. The average Bonchev–Trinajstić information content (AvgIpc) is 2.86. The van der Waals surface area contributed by atoms with E-state index in [1.807, 2.05) is 0 Å². The van der Waals surface area contributed by atoms with Gasteiger partial charge in [0.2, 0.25) is 0 Å².